The highest BCUT2D eigenvalue weighted by Gasteiger charge is 2.35. The molecule has 0 aromatic heterocycles. The lowest BCUT2D eigenvalue weighted by Crippen LogP contribution is -2.20. The van der Waals surface area contributed by atoms with Crippen molar-refractivity contribution in [2.75, 3.05) is 6.54 Å². The molecule has 15 heavy (non-hydrogen) atoms. The van der Waals surface area contributed by atoms with Crippen molar-refractivity contribution in [1.29, 1.82) is 0 Å². The van der Waals surface area contributed by atoms with Gasteiger partial charge in [0, 0.05) is 6.04 Å². The van der Waals surface area contributed by atoms with Crippen molar-refractivity contribution in [3.63, 3.8) is 0 Å². The van der Waals surface area contributed by atoms with Gasteiger partial charge in [0.25, 0.3) is 0 Å². The van der Waals surface area contributed by atoms with Crippen molar-refractivity contribution in [2.45, 2.75) is 44.6 Å². The maximum Gasteiger partial charge on any atom is 0.0329 e. The van der Waals surface area contributed by atoms with Crippen LogP contribution < -0.4 is 5.32 Å². The van der Waals surface area contributed by atoms with Crippen LogP contribution in [0.25, 0.3) is 0 Å². The van der Waals surface area contributed by atoms with Gasteiger partial charge in [-0.25, -0.2) is 0 Å². The molecule has 0 fully saturated rings. The molecule has 1 heteroatoms. The van der Waals surface area contributed by atoms with Crippen LogP contribution in [0.15, 0.2) is 18.2 Å². The van der Waals surface area contributed by atoms with E-state index in [0.717, 1.165) is 12.5 Å². The molecule has 80 valence electrons. The van der Waals surface area contributed by atoms with Crippen LogP contribution in [-0.4, -0.2) is 6.54 Å². The predicted octanol–water partition coefficient (Wildman–Crippen LogP) is 3.16. The van der Waals surface area contributed by atoms with Crippen LogP contribution in [0, 0.1) is 0 Å². The Morgan fingerprint density at radius 3 is 3.20 bits per heavy atom. The van der Waals surface area contributed by atoms with Crippen LogP contribution in [0.2, 0.25) is 0 Å². The summed E-state index contributed by atoms with van der Waals surface area (Å²) in [5, 5.41) is 3.68. The van der Waals surface area contributed by atoms with Gasteiger partial charge in [-0.1, -0.05) is 25.1 Å². The minimum absolute atomic E-state index is 0.644. The molecule has 1 aromatic carbocycles. The molecule has 1 N–H and O–H groups in total. The van der Waals surface area contributed by atoms with Crippen molar-refractivity contribution in [2.24, 2.45) is 0 Å². The zero-order valence-electron chi connectivity index (χ0n) is 9.42. The second-order valence-electron chi connectivity index (χ2n) is 4.90. The van der Waals surface area contributed by atoms with Gasteiger partial charge in [-0.05, 0) is 54.8 Å². The minimum Gasteiger partial charge on any atom is -0.310 e. The Balaban J connectivity index is 1.92. The molecule has 1 nitrogen and oxygen atoms in total. The van der Waals surface area contributed by atoms with Gasteiger partial charge in [0.05, 0.1) is 0 Å². The van der Waals surface area contributed by atoms with Crippen LogP contribution in [0.3, 0.4) is 0 Å². The van der Waals surface area contributed by atoms with E-state index in [1.807, 2.05) is 0 Å². The summed E-state index contributed by atoms with van der Waals surface area (Å²) in [6.45, 7) is 3.39. The Kier molecular flexibility index (Phi) is 2.28. The van der Waals surface area contributed by atoms with Crippen molar-refractivity contribution in [3.8, 4) is 0 Å². The molecule has 0 bridgehead atoms. The van der Waals surface area contributed by atoms with Crippen LogP contribution in [0.4, 0.5) is 0 Å². The van der Waals surface area contributed by atoms with E-state index in [0.29, 0.717) is 6.04 Å². The molecule has 0 saturated carbocycles. The molecular weight excluding hydrogens is 182 g/mol. The van der Waals surface area contributed by atoms with Crippen LogP contribution in [0.1, 0.15) is 54.8 Å². The van der Waals surface area contributed by atoms with Crippen molar-refractivity contribution in [3.05, 3.63) is 34.9 Å². The summed E-state index contributed by atoms with van der Waals surface area (Å²) >= 11 is 0. The summed E-state index contributed by atoms with van der Waals surface area (Å²) in [6, 6.07) is 7.53. The lowest BCUT2D eigenvalue weighted by molar-refractivity contribution is 0.487. The first-order valence-electron chi connectivity index (χ1n) is 6.25. The normalized spacial score (nSPS) is 27.0. The lowest BCUT2D eigenvalue weighted by Gasteiger charge is -2.14. The monoisotopic (exact) mass is 201 g/mol. The third-order valence-corrected chi connectivity index (χ3v) is 3.94. The number of hydrogen-bond acceptors (Lipinski definition) is 1. The highest BCUT2D eigenvalue weighted by Crippen LogP contribution is 2.48. The second-order valence-corrected chi connectivity index (χ2v) is 4.90. The van der Waals surface area contributed by atoms with E-state index in [-0.39, 0.29) is 0 Å². The Labute approximate surface area is 91.9 Å². The van der Waals surface area contributed by atoms with E-state index in [9.17, 15) is 0 Å². The first kappa shape index (κ1) is 9.41. The fourth-order valence-electron chi connectivity index (χ4n) is 3.29. The van der Waals surface area contributed by atoms with Gasteiger partial charge in [0.15, 0.2) is 0 Å². The standard InChI is InChI=1S/C14H19N/c1-2-8-15-13-9-11-7-6-10-4-3-5-12(13)14(10)11/h3-5,11,13,15H,2,6-9H2,1H3. The number of hydrogen-bond donors (Lipinski definition) is 1. The maximum atomic E-state index is 3.68. The molecule has 0 aliphatic heterocycles. The minimum atomic E-state index is 0.644. The highest BCUT2D eigenvalue weighted by molar-refractivity contribution is 5.47. The molecule has 0 spiro atoms. The zero-order valence-corrected chi connectivity index (χ0v) is 9.42. The molecule has 0 amide bonds. The average Bonchev–Trinajstić information content (AvgIpc) is 2.82. The fourth-order valence-corrected chi connectivity index (χ4v) is 3.29. The SMILES string of the molecule is CCCNC1CC2CCc3cccc1c32. The van der Waals surface area contributed by atoms with Crippen LogP contribution in [-0.2, 0) is 6.42 Å². The fraction of sp³-hybridized carbons (Fsp3) is 0.571. The largest absolute Gasteiger partial charge is 0.310 e. The smallest absolute Gasteiger partial charge is 0.0329 e. The summed E-state index contributed by atoms with van der Waals surface area (Å²) in [6.07, 6.45) is 5.27. The first-order valence-corrected chi connectivity index (χ1v) is 6.25. The second kappa shape index (κ2) is 3.64. The van der Waals surface area contributed by atoms with Crippen LogP contribution in [0.5, 0.6) is 0 Å². The topological polar surface area (TPSA) is 12.0 Å². The maximum absolute atomic E-state index is 3.68. The molecule has 2 unspecified atom stereocenters. The van der Waals surface area contributed by atoms with Crippen molar-refractivity contribution in [1.82, 2.24) is 5.32 Å². The van der Waals surface area contributed by atoms with Gasteiger partial charge in [-0.2, -0.15) is 0 Å². The zero-order chi connectivity index (χ0) is 10.3. The van der Waals surface area contributed by atoms with Gasteiger partial charge >= 0.3 is 0 Å². The van der Waals surface area contributed by atoms with E-state index in [2.05, 4.69) is 30.4 Å². The number of aryl methyl sites for hydroxylation is 1. The molecule has 2 atom stereocenters. The Bertz CT molecular complexity index is 370. The number of nitrogens with one attached hydrogen (secondary N) is 1. The summed E-state index contributed by atoms with van der Waals surface area (Å²) in [5.74, 6) is 0.866. The Morgan fingerprint density at radius 1 is 1.40 bits per heavy atom. The van der Waals surface area contributed by atoms with Crippen molar-refractivity contribution < 1.29 is 0 Å². The number of benzene rings is 1. The third kappa shape index (κ3) is 1.41. The number of rotatable bonds is 3. The molecule has 3 rings (SSSR count). The van der Waals surface area contributed by atoms with Gasteiger partial charge in [0.1, 0.15) is 0 Å². The quantitative estimate of drug-likeness (QED) is 0.792. The van der Waals surface area contributed by atoms with E-state index >= 15 is 0 Å². The molecule has 1 aromatic rings. The summed E-state index contributed by atoms with van der Waals surface area (Å²) in [7, 11) is 0. The van der Waals surface area contributed by atoms with Gasteiger partial charge in [-0.15, -0.1) is 0 Å². The highest BCUT2D eigenvalue weighted by atomic mass is 14.9. The molecule has 2 aliphatic rings. The molecule has 0 heterocycles. The van der Waals surface area contributed by atoms with Crippen LogP contribution >= 0.6 is 0 Å². The summed E-state index contributed by atoms with van der Waals surface area (Å²) in [4.78, 5) is 0. The first-order chi connectivity index (χ1) is 7.40. The van der Waals surface area contributed by atoms with Gasteiger partial charge in [-0.3, -0.25) is 0 Å². The predicted molar refractivity (Wildman–Crippen MR) is 63.2 cm³/mol. The molecule has 0 radical (unpaired) electrons. The van der Waals surface area contributed by atoms with E-state index < -0.39 is 0 Å². The molecule has 0 saturated heterocycles. The van der Waals surface area contributed by atoms with E-state index in [1.165, 1.54) is 25.7 Å². The average molecular weight is 201 g/mol. The van der Waals surface area contributed by atoms with Gasteiger partial charge < -0.3 is 5.32 Å². The summed E-state index contributed by atoms with van der Waals surface area (Å²) in [5.41, 5.74) is 4.92. The summed E-state index contributed by atoms with van der Waals surface area (Å²) < 4.78 is 0. The Morgan fingerprint density at radius 2 is 2.33 bits per heavy atom. The van der Waals surface area contributed by atoms with E-state index in [1.54, 1.807) is 16.7 Å². The lowest BCUT2D eigenvalue weighted by atomic mass is 10.0. The molecule has 2 aliphatic carbocycles. The Hall–Kier alpha value is -0.820. The van der Waals surface area contributed by atoms with E-state index in [4.69, 9.17) is 0 Å². The third-order valence-electron chi connectivity index (χ3n) is 3.94. The van der Waals surface area contributed by atoms with Crippen molar-refractivity contribution >= 4 is 0 Å². The van der Waals surface area contributed by atoms with Gasteiger partial charge in [0.2, 0.25) is 0 Å². The molecular formula is C14H19N.